The normalized spacial score (nSPS) is 14.9. The summed E-state index contributed by atoms with van der Waals surface area (Å²) in [5, 5.41) is 1.75. The monoisotopic (exact) mass is 465 g/mol. The number of carbonyl (C=O) groups is 2. The van der Waals surface area contributed by atoms with Crippen LogP contribution in [0.25, 0.3) is 16.8 Å². The van der Waals surface area contributed by atoms with Gasteiger partial charge in [0.25, 0.3) is 11.1 Å². The molecule has 168 valence electrons. The average molecular weight is 466 g/mol. The minimum Gasteiger partial charge on any atom is -0.488 e. The average Bonchev–Trinajstić information content (AvgIpc) is 3.12. The molecular formula is C29H23NO3S. The first-order chi connectivity index (χ1) is 16.6. The van der Waals surface area contributed by atoms with Crippen LogP contribution in [0.15, 0.2) is 95.9 Å². The van der Waals surface area contributed by atoms with Crippen molar-refractivity contribution < 1.29 is 14.3 Å². The van der Waals surface area contributed by atoms with E-state index in [2.05, 4.69) is 0 Å². The molecule has 0 spiro atoms. The van der Waals surface area contributed by atoms with Crippen LogP contribution in [-0.4, -0.2) is 16.0 Å². The van der Waals surface area contributed by atoms with Gasteiger partial charge in [0.15, 0.2) is 0 Å². The lowest BCUT2D eigenvalue weighted by Gasteiger charge is -2.14. The van der Waals surface area contributed by atoms with Gasteiger partial charge in [-0.15, -0.1) is 0 Å². The summed E-state index contributed by atoms with van der Waals surface area (Å²) in [6.07, 6.45) is 1.79. The van der Waals surface area contributed by atoms with E-state index in [4.69, 9.17) is 4.74 Å². The van der Waals surface area contributed by atoms with Crippen molar-refractivity contribution in [1.82, 2.24) is 4.90 Å². The summed E-state index contributed by atoms with van der Waals surface area (Å²) in [6, 6.07) is 29.7. The molecule has 1 aliphatic rings. The van der Waals surface area contributed by atoms with Crippen molar-refractivity contribution in [3.8, 4) is 5.75 Å². The Bertz CT molecular complexity index is 1390. The van der Waals surface area contributed by atoms with Gasteiger partial charge < -0.3 is 4.74 Å². The predicted octanol–water partition coefficient (Wildman–Crippen LogP) is 6.96. The van der Waals surface area contributed by atoms with Crippen LogP contribution in [0, 0.1) is 6.92 Å². The van der Waals surface area contributed by atoms with Gasteiger partial charge in [-0.1, -0.05) is 90.5 Å². The number of thioether (sulfide) groups is 1. The van der Waals surface area contributed by atoms with Crippen molar-refractivity contribution in [3.63, 3.8) is 0 Å². The van der Waals surface area contributed by atoms with Gasteiger partial charge in [-0.3, -0.25) is 14.5 Å². The molecule has 0 bridgehead atoms. The van der Waals surface area contributed by atoms with Crippen molar-refractivity contribution in [2.75, 3.05) is 0 Å². The highest BCUT2D eigenvalue weighted by molar-refractivity contribution is 8.18. The van der Waals surface area contributed by atoms with E-state index in [-0.39, 0.29) is 17.7 Å². The number of rotatable bonds is 6. The zero-order valence-corrected chi connectivity index (χ0v) is 19.5. The van der Waals surface area contributed by atoms with Crippen molar-refractivity contribution in [2.24, 2.45) is 0 Å². The van der Waals surface area contributed by atoms with Gasteiger partial charge in [0.05, 0.1) is 11.4 Å². The maximum atomic E-state index is 13.2. The molecule has 1 heterocycles. The Morgan fingerprint density at radius 2 is 1.56 bits per heavy atom. The zero-order valence-electron chi connectivity index (χ0n) is 18.7. The van der Waals surface area contributed by atoms with Gasteiger partial charge in [-0.25, -0.2) is 0 Å². The molecule has 1 fully saturated rings. The third-order valence-corrected chi connectivity index (χ3v) is 6.69. The van der Waals surface area contributed by atoms with Crippen LogP contribution < -0.4 is 4.74 Å². The fraction of sp³-hybridized carbons (Fsp3) is 0.103. The fourth-order valence-corrected chi connectivity index (χ4v) is 4.75. The second-order valence-electron chi connectivity index (χ2n) is 8.23. The van der Waals surface area contributed by atoms with E-state index in [1.165, 1.54) is 4.90 Å². The molecular weight excluding hydrogens is 442 g/mol. The van der Waals surface area contributed by atoms with Crippen molar-refractivity contribution in [3.05, 3.63) is 118 Å². The highest BCUT2D eigenvalue weighted by Gasteiger charge is 2.35. The number of ether oxygens (including phenoxy) is 1. The van der Waals surface area contributed by atoms with E-state index in [0.717, 1.165) is 44.8 Å². The number of imide groups is 1. The molecule has 0 radical (unpaired) electrons. The van der Waals surface area contributed by atoms with Gasteiger partial charge in [-0.2, -0.15) is 0 Å². The van der Waals surface area contributed by atoms with E-state index in [9.17, 15) is 9.59 Å². The summed E-state index contributed by atoms with van der Waals surface area (Å²) in [5.74, 6) is 0.394. The maximum Gasteiger partial charge on any atom is 0.293 e. The Labute approximate surface area is 202 Å². The largest absolute Gasteiger partial charge is 0.488 e. The summed E-state index contributed by atoms with van der Waals surface area (Å²) >= 11 is 0.974. The molecule has 0 unspecified atom stereocenters. The molecule has 4 aromatic carbocycles. The first-order valence-corrected chi connectivity index (χ1v) is 11.9. The smallest absolute Gasteiger partial charge is 0.293 e. The number of hydrogen-bond acceptors (Lipinski definition) is 4. The van der Waals surface area contributed by atoms with Crippen LogP contribution in [-0.2, 0) is 17.9 Å². The van der Waals surface area contributed by atoms with E-state index in [0.29, 0.717) is 17.3 Å². The molecule has 0 saturated carbocycles. The highest BCUT2D eigenvalue weighted by Crippen LogP contribution is 2.37. The van der Waals surface area contributed by atoms with Gasteiger partial charge in [0.1, 0.15) is 12.4 Å². The lowest BCUT2D eigenvalue weighted by molar-refractivity contribution is -0.123. The number of fused-ring (bicyclic) bond motifs is 1. The van der Waals surface area contributed by atoms with Gasteiger partial charge in [0, 0.05) is 5.56 Å². The Hall–Kier alpha value is -3.83. The molecule has 2 amide bonds. The summed E-state index contributed by atoms with van der Waals surface area (Å²) < 4.78 is 6.17. The Morgan fingerprint density at radius 3 is 2.35 bits per heavy atom. The molecule has 4 aromatic rings. The second-order valence-corrected chi connectivity index (χ2v) is 9.22. The zero-order chi connectivity index (χ0) is 23.5. The third kappa shape index (κ3) is 4.61. The standard InChI is InChI=1S/C29H23NO3S/c1-20-11-13-21(14-12-20)18-30-28(31)27(34-29(30)32)17-25-24-10-6-5-9-23(24)15-16-26(25)33-19-22-7-3-2-4-8-22/h2-17H,18-19H2,1H3/b27-17-. The quantitative estimate of drug-likeness (QED) is 0.289. The first kappa shape index (κ1) is 22.0. The van der Waals surface area contributed by atoms with Crippen LogP contribution in [0.3, 0.4) is 0 Å². The Kier molecular flexibility index (Phi) is 6.19. The summed E-state index contributed by atoms with van der Waals surface area (Å²) in [6.45, 7) is 2.68. The van der Waals surface area contributed by atoms with Gasteiger partial charge in [0.2, 0.25) is 0 Å². The van der Waals surface area contributed by atoms with Gasteiger partial charge >= 0.3 is 0 Å². The van der Waals surface area contributed by atoms with E-state index < -0.39 is 0 Å². The lowest BCUT2D eigenvalue weighted by atomic mass is 10.0. The summed E-state index contributed by atoms with van der Waals surface area (Å²) in [4.78, 5) is 27.6. The molecule has 34 heavy (non-hydrogen) atoms. The van der Waals surface area contributed by atoms with Crippen molar-refractivity contribution in [1.29, 1.82) is 0 Å². The number of carbonyl (C=O) groups excluding carboxylic acids is 2. The van der Waals surface area contributed by atoms with Crippen LogP contribution in [0.2, 0.25) is 0 Å². The maximum absolute atomic E-state index is 13.2. The molecule has 1 aliphatic heterocycles. The van der Waals surface area contributed by atoms with Crippen LogP contribution in [0.4, 0.5) is 4.79 Å². The Balaban J connectivity index is 1.47. The van der Waals surface area contributed by atoms with Gasteiger partial charge in [-0.05, 0) is 52.7 Å². The molecule has 0 N–H and O–H groups in total. The molecule has 5 rings (SSSR count). The molecule has 5 heteroatoms. The topological polar surface area (TPSA) is 46.6 Å². The number of aryl methyl sites for hydroxylation is 1. The molecule has 0 aromatic heterocycles. The van der Waals surface area contributed by atoms with E-state index in [1.807, 2.05) is 97.9 Å². The SMILES string of the molecule is Cc1ccc(CN2C(=O)S/C(=C\c3c(OCc4ccccc4)ccc4ccccc34)C2=O)cc1. The molecule has 0 atom stereocenters. The van der Waals surface area contributed by atoms with Crippen LogP contribution in [0.1, 0.15) is 22.3 Å². The number of benzene rings is 4. The number of nitrogens with zero attached hydrogens (tertiary/aromatic N) is 1. The minimum absolute atomic E-state index is 0.259. The second kappa shape index (κ2) is 9.57. The van der Waals surface area contributed by atoms with Crippen molar-refractivity contribution >= 4 is 39.8 Å². The first-order valence-electron chi connectivity index (χ1n) is 11.1. The Morgan fingerprint density at radius 1 is 0.824 bits per heavy atom. The van der Waals surface area contributed by atoms with Crippen molar-refractivity contribution in [2.45, 2.75) is 20.1 Å². The molecule has 0 aliphatic carbocycles. The van der Waals surface area contributed by atoms with E-state index >= 15 is 0 Å². The van der Waals surface area contributed by atoms with Crippen LogP contribution in [0.5, 0.6) is 5.75 Å². The lowest BCUT2D eigenvalue weighted by Crippen LogP contribution is -2.27. The molecule has 4 nitrogen and oxygen atoms in total. The highest BCUT2D eigenvalue weighted by atomic mass is 32.2. The number of hydrogen-bond donors (Lipinski definition) is 0. The summed E-state index contributed by atoms with van der Waals surface area (Å²) in [5.41, 5.74) is 3.91. The van der Waals surface area contributed by atoms with Crippen LogP contribution >= 0.6 is 11.8 Å². The molecule has 1 saturated heterocycles. The summed E-state index contributed by atoms with van der Waals surface area (Å²) in [7, 11) is 0. The third-order valence-electron chi connectivity index (χ3n) is 5.78. The predicted molar refractivity (Wildman–Crippen MR) is 137 cm³/mol. The fourth-order valence-electron chi connectivity index (χ4n) is 3.93. The minimum atomic E-state index is -0.280. The number of amides is 2. The van der Waals surface area contributed by atoms with E-state index in [1.54, 1.807) is 6.08 Å².